The molecule has 0 saturated carbocycles. The Hall–Kier alpha value is -1.70. The van der Waals surface area contributed by atoms with E-state index in [0.717, 1.165) is 22.2 Å². The van der Waals surface area contributed by atoms with Gasteiger partial charge >= 0.3 is 35.6 Å². The number of nitrogens with one attached hydrogen (secondary N) is 2. The molecule has 0 aromatic heterocycles. The molecule has 1 saturated heterocycles. The second-order valence-electron chi connectivity index (χ2n) is 7.13. The summed E-state index contributed by atoms with van der Waals surface area (Å²) < 4.78 is 0.844. The number of carbonyl (C=O) groups is 2. The van der Waals surface area contributed by atoms with Gasteiger partial charge in [-0.05, 0) is 11.1 Å². The van der Waals surface area contributed by atoms with Crippen LogP contribution in [-0.2, 0) is 10.3 Å². The number of amides is 3. The summed E-state index contributed by atoms with van der Waals surface area (Å²) in [6.45, 7) is 1.11. The number of hydrogen-bond donors (Lipinski definition) is 3. The van der Waals surface area contributed by atoms with Crippen molar-refractivity contribution in [2.45, 2.75) is 5.54 Å². The summed E-state index contributed by atoms with van der Waals surface area (Å²) in [6, 6.07) is 18.0. The van der Waals surface area contributed by atoms with E-state index in [4.69, 9.17) is 5.11 Å². The molecule has 1 aliphatic heterocycles. The van der Waals surface area contributed by atoms with Gasteiger partial charge in [0.15, 0.2) is 5.54 Å². The van der Waals surface area contributed by atoms with Crippen molar-refractivity contribution in [2.24, 2.45) is 0 Å². The van der Waals surface area contributed by atoms with Crippen molar-refractivity contribution in [1.82, 2.24) is 10.6 Å². The predicted molar refractivity (Wildman–Crippen MR) is 107 cm³/mol. The number of rotatable bonds is 4. The fourth-order valence-electron chi connectivity index (χ4n) is 2.70. The molecule has 2 aromatic carbocycles. The third-order valence-electron chi connectivity index (χ3n) is 4.05. The molecule has 0 radical (unpaired) electrons. The van der Waals surface area contributed by atoms with E-state index in [2.05, 4.69) is 31.8 Å². The predicted octanol–water partition coefficient (Wildman–Crippen LogP) is 0.806. The summed E-state index contributed by atoms with van der Waals surface area (Å²) in [5.74, 6) is -0.352. The first kappa shape index (κ1) is 23.3. The van der Waals surface area contributed by atoms with Crippen LogP contribution in [0.4, 0.5) is 4.79 Å². The molecule has 0 bridgehead atoms. The van der Waals surface area contributed by atoms with Gasteiger partial charge in [0.1, 0.15) is 6.54 Å². The fourth-order valence-corrected chi connectivity index (χ4v) is 2.70. The van der Waals surface area contributed by atoms with Gasteiger partial charge in [0, 0.05) is 0 Å². The van der Waals surface area contributed by atoms with Crippen LogP contribution in [0.25, 0.3) is 0 Å². The number of aliphatic hydroxyl groups is 1. The molecule has 6 nitrogen and oxygen atoms in total. The Bertz CT molecular complexity index is 707. The van der Waals surface area contributed by atoms with E-state index < -0.39 is 11.6 Å². The minimum absolute atomic E-state index is 0. The van der Waals surface area contributed by atoms with E-state index in [-0.39, 0.29) is 42.1 Å². The number of carbonyl (C=O) groups excluding carboxylic acids is 2. The Morgan fingerprint density at radius 1 is 0.889 bits per heavy atom. The summed E-state index contributed by atoms with van der Waals surface area (Å²) in [5, 5.41) is 13.5. The summed E-state index contributed by atoms with van der Waals surface area (Å²) in [7, 11) is 6.16. The molecule has 0 atom stereocenters. The Balaban J connectivity index is 0.000000395. The van der Waals surface area contributed by atoms with Crippen LogP contribution in [0.1, 0.15) is 11.1 Å². The standard InChI is InChI=1S/C15H12N2O2.C5H14NO.Na.H/c18-13-15(17-14(19)16-13,11-7-3-1-4-8-11)12-9-5-2-6-10-12;1-6(2,3)4-5-7;;/h1-10H,(H2,16,17,18,19);7H,4-5H2,1-3H3;;/q;+1;;. The Morgan fingerprint density at radius 3 is 1.59 bits per heavy atom. The Kier molecular flexibility index (Phi) is 8.65. The van der Waals surface area contributed by atoms with Crippen molar-refractivity contribution in [1.29, 1.82) is 0 Å². The zero-order chi connectivity index (χ0) is 19.2. The van der Waals surface area contributed by atoms with Gasteiger partial charge in [0.25, 0.3) is 5.91 Å². The molecule has 27 heavy (non-hydrogen) atoms. The quantitative estimate of drug-likeness (QED) is 0.417. The van der Waals surface area contributed by atoms with Crippen LogP contribution in [0.15, 0.2) is 60.7 Å². The first-order chi connectivity index (χ1) is 12.3. The average Bonchev–Trinajstić information content (AvgIpc) is 2.91. The van der Waals surface area contributed by atoms with Gasteiger partial charge < -0.3 is 14.9 Å². The SMILES string of the molecule is C[N+](C)(C)CCO.O=C1NC(=O)C(c2ccccc2)(c2ccccc2)N1.[NaH]. The summed E-state index contributed by atoms with van der Waals surface area (Å²) in [6.07, 6.45) is 0. The molecular weight excluding hydrogens is 353 g/mol. The summed E-state index contributed by atoms with van der Waals surface area (Å²) in [5.41, 5.74) is 0.341. The molecule has 0 spiro atoms. The van der Waals surface area contributed by atoms with E-state index in [1.807, 2.05) is 60.7 Å². The number of likely N-dealkylation sites (N-methyl/N-ethyl adjacent to an activating group) is 1. The van der Waals surface area contributed by atoms with Crippen LogP contribution in [0, 0.1) is 0 Å². The van der Waals surface area contributed by atoms with E-state index in [1.54, 1.807) is 0 Å². The normalized spacial score (nSPS) is 15.0. The molecule has 0 aliphatic carbocycles. The second kappa shape index (κ2) is 10.0. The summed E-state index contributed by atoms with van der Waals surface area (Å²) >= 11 is 0. The monoisotopic (exact) mass is 380 g/mol. The molecule has 3 N–H and O–H groups in total. The molecule has 140 valence electrons. The molecule has 3 amide bonds. The van der Waals surface area contributed by atoms with Gasteiger partial charge in [0.05, 0.1) is 27.7 Å². The molecule has 1 fully saturated rings. The number of imide groups is 1. The first-order valence-corrected chi connectivity index (χ1v) is 8.45. The van der Waals surface area contributed by atoms with Gasteiger partial charge in [-0.2, -0.15) is 0 Å². The van der Waals surface area contributed by atoms with E-state index in [9.17, 15) is 9.59 Å². The molecule has 7 heteroatoms. The molecule has 2 aromatic rings. The van der Waals surface area contributed by atoms with Crippen LogP contribution in [-0.4, -0.2) is 85.4 Å². The minimum atomic E-state index is -1.14. The maximum absolute atomic E-state index is 12.3. The van der Waals surface area contributed by atoms with Crippen molar-refractivity contribution < 1.29 is 19.2 Å². The average molecular weight is 380 g/mol. The van der Waals surface area contributed by atoms with Crippen molar-refractivity contribution >= 4 is 41.5 Å². The zero-order valence-electron chi connectivity index (χ0n) is 15.4. The van der Waals surface area contributed by atoms with E-state index >= 15 is 0 Å². The molecule has 0 unspecified atom stereocenters. The Morgan fingerprint density at radius 2 is 1.33 bits per heavy atom. The first-order valence-electron chi connectivity index (χ1n) is 8.45. The number of quaternary nitrogens is 1. The van der Waals surface area contributed by atoms with Crippen molar-refractivity contribution in [3.63, 3.8) is 0 Å². The van der Waals surface area contributed by atoms with Crippen molar-refractivity contribution in [2.75, 3.05) is 34.3 Å². The number of nitrogens with zero attached hydrogens (tertiary/aromatic N) is 1. The van der Waals surface area contributed by atoms with Crippen LogP contribution in [0.2, 0.25) is 0 Å². The molecule has 1 heterocycles. The summed E-state index contributed by atoms with van der Waals surface area (Å²) in [4.78, 5) is 23.9. The van der Waals surface area contributed by atoms with Crippen LogP contribution < -0.4 is 10.6 Å². The van der Waals surface area contributed by atoms with Gasteiger partial charge in [-0.25, -0.2) is 4.79 Å². The molecule has 1 aliphatic rings. The van der Waals surface area contributed by atoms with Gasteiger partial charge in [0.2, 0.25) is 0 Å². The zero-order valence-corrected chi connectivity index (χ0v) is 15.4. The number of aliphatic hydroxyl groups excluding tert-OH is 1. The van der Waals surface area contributed by atoms with E-state index in [0.29, 0.717) is 0 Å². The van der Waals surface area contributed by atoms with Crippen LogP contribution >= 0.6 is 0 Å². The van der Waals surface area contributed by atoms with Gasteiger partial charge in [-0.1, -0.05) is 60.7 Å². The molecule has 3 rings (SSSR count). The molecular formula is C20H27N3NaO3+. The number of benzene rings is 2. The topological polar surface area (TPSA) is 78.4 Å². The van der Waals surface area contributed by atoms with Crippen molar-refractivity contribution in [3.05, 3.63) is 71.8 Å². The van der Waals surface area contributed by atoms with Crippen LogP contribution in [0.5, 0.6) is 0 Å². The van der Waals surface area contributed by atoms with Crippen molar-refractivity contribution in [3.8, 4) is 0 Å². The van der Waals surface area contributed by atoms with Crippen LogP contribution in [0.3, 0.4) is 0 Å². The van der Waals surface area contributed by atoms with E-state index in [1.165, 1.54) is 0 Å². The fraction of sp³-hybridized carbons (Fsp3) is 0.300. The Labute approximate surface area is 182 Å². The number of urea groups is 1. The number of hydrogen-bond acceptors (Lipinski definition) is 3. The maximum atomic E-state index is 12.3. The third-order valence-corrected chi connectivity index (χ3v) is 4.05. The second-order valence-corrected chi connectivity index (χ2v) is 7.13. The van der Waals surface area contributed by atoms with Gasteiger partial charge in [-0.15, -0.1) is 0 Å². The third kappa shape index (κ3) is 5.89. The van der Waals surface area contributed by atoms with Gasteiger partial charge in [-0.3, -0.25) is 10.1 Å².